The van der Waals surface area contributed by atoms with E-state index in [9.17, 15) is 8.78 Å². The molecule has 0 aromatic heterocycles. The van der Waals surface area contributed by atoms with Crippen LogP contribution in [0.1, 0.15) is 62.5 Å². The van der Waals surface area contributed by atoms with Gasteiger partial charge >= 0.3 is 0 Å². The maximum Gasteiger partial charge on any atom is 0.221 e. The predicted molar refractivity (Wildman–Crippen MR) is 185 cm³/mol. The SMILES string of the molecule is Fc1ccc(CN2CCN(Cc3ccc(F)cc3)P23=NP(N2CCCC2)(N2CCCC2)=NP(N2CCCC2)(N2CCCC2)=N3)cc1. The van der Waals surface area contributed by atoms with Crippen LogP contribution in [0, 0.1) is 11.6 Å². The molecule has 1 spiro atoms. The van der Waals surface area contributed by atoms with Crippen molar-refractivity contribution in [1.82, 2.24) is 28.0 Å². The van der Waals surface area contributed by atoms with Crippen LogP contribution in [0.5, 0.6) is 0 Å². The summed E-state index contributed by atoms with van der Waals surface area (Å²) in [4.78, 5) is 0. The van der Waals surface area contributed by atoms with Gasteiger partial charge in [0.15, 0.2) is 0 Å². The molecule has 14 heteroatoms. The Morgan fingerprint density at radius 2 is 0.696 bits per heavy atom. The van der Waals surface area contributed by atoms with E-state index in [1.807, 2.05) is 24.3 Å². The van der Waals surface area contributed by atoms with Crippen LogP contribution in [0.15, 0.2) is 62.1 Å². The van der Waals surface area contributed by atoms with E-state index >= 15 is 0 Å². The highest BCUT2D eigenvalue weighted by Gasteiger charge is 2.54. The fourth-order valence-corrected chi connectivity index (χ4v) is 24.5. The molecule has 2 aromatic carbocycles. The molecule has 5 saturated heterocycles. The van der Waals surface area contributed by atoms with Gasteiger partial charge in [-0.3, -0.25) is 0 Å². The normalized spacial score (nSPS) is 27.3. The van der Waals surface area contributed by atoms with Crippen LogP contribution in [0.2, 0.25) is 0 Å². The largest absolute Gasteiger partial charge is 0.240 e. The van der Waals surface area contributed by atoms with Gasteiger partial charge < -0.3 is 0 Å². The lowest BCUT2D eigenvalue weighted by atomic mass is 10.2. The molecule has 0 N–H and O–H groups in total. The van der Waals surface area contributed by atoms with Gasteiger partial charge in [0.1, 0.15) is 11.6 Å². The van der Waals surface area contributed by atoms with Crippen molar-refractivity contribution in [2.45, 2.75) is 64.5 Å². The number of benzene rings is 2. The van der Waals surface area contributed by atoms with Gasteiger partial charge in [-0.05, 0) is 86.8 Å². The van der Waals surface area contributed by atoms with Crippen LogP contribution in [-0.2, 0) is 13.1 Å². The highest BCUT2D eigenvalue weighted by Crippen LogP contribution is 2.85. The first kappa shape index (κ1) is 32.0. The van der Waals surface area contributed by atoms with Gasteiger partial charge in [0.25, 0.3) is 0 Å². The molecule has 0 atom stereocenters. The first-order chi connectivity index (χ1) is 22.5. The summed E-state index contributed by atoms with van der Waals surface area (Å²) in [6.07, 6.45) is 9.56. The second kappa shape index (κ2) is 13.2. The highest BCUT2D eigenvalue weighted by atomic mass is 31.3. The molecule has 6 aliphatic rings. The van der Waals surface area contributed by atoms with Crippen molar-refractivity contribution in [2.24, 2.45) is 13.5 Å². The molecule has 46 heavy (non-hydrogen) atoms. The van der Waals surface area contributed by atoms with Crippen molar-refractivity contribution in [3.8, 4) is 0 Å². The maximum absolute atomic E-state index is 14.1. The van der Waals surface area contributed by atoms with Crippen molar-refractivity contribution in [2.75, 3.05) is 65.4 Å². The van der Waals surface area contributed by atoms with Crippen molar-refractivity contribution in [1.29, 1.82) is 0 Å². The molecule has 2 aromatic rings. The smallest absolute Gasteiger partial charge is 0.221 e. The summed E-state index contributed by atoms with van der Waals surface area (Å²) < 4.78 is 63.0. The van der Waals surface area contributed by atoms with E-state index in [1.165, 1.54) is 51.4 Å². The standard InChI is InChI=1S/C32H48F2N9P3/c33-31-13-9-29(10-14-31)27-42-25-26-43(28-30-11-15-32(34)16-12-30)46(42)36-44(38-17-1-2-18-38,39-19-3-4-20-39)35-45(37-46,40-21-5-6-22-40)41-23-7-8-24-41/h9-16H,1-8,17-28H2. The zero-order chi connectivity index (χ0) is 31.2. The van der Waals surface area contributed by atoms with Gasteiger partial charge in [0, 0.05) is 78.5 Å². The quantitative estimate of drug-likeness (QED) is 0.259. The molecule has 5 fully saturated rings. The molecule has 0 radical (unpaired) electrons. The average molecular weight is 690 g/mol. The van der Waals surface area contributed by atoms with Gasteiger partial charge in [-0.15, -0.1) is 0 Å². The Balaban J connectivity index is 1.39. The molecule has 8 rings (SSSR count). The van der Waals surface area contributed by atoms with E-state index in [2.05, 4.69) is 28.0 Å². The summed E-state index contributed by atoms with van der Waals surface area (Å²) in [7, 11) is -7.68. The summed E-state index contributed by atoms with van der Waals surface area (Å²) >= 11 is 0. The van der Waals surface area contributed by atoms with Crippen LogP contribution < -0.4 is 0 Å². The third-order valence-corrected chi connectivity index (χ3v) is 23.1. The summed E-state index contributed by atoms with van der Waals surface area (Å²) in [6, 6.07) is 14.0. The third kappa shape index (κ3) is 5.76. The highest BCUT2D eigenvalue weighted by molar-refractivity contribution is 7.83. The van der Waals surface area contributed by atoms with E-state index in [4.69, 9.17) is 13.5 Å². The van der Waals surface area contributed by atoms with Crippen LogP contribution in [0.25, 0.3) is 0 Å². The molecular weight excluding hydrogens is 641 g/mol. The number of nitrogens with zero attached hydrogens (tertiary/aromatic N) is 9. The van der Waals surface area contributed by atoms with Crippen molar-refractivity contribution in [3.05, 3.63) is 71.3 Å². The zero-order valence-corrected chi connectivity index (χ0v) is 29.6. The minimum Gasteiger partial charge on any atom is -0.240 e. The Labute approximate surface area is 273 Å². The molecule has 0 amide bonds. The second-order valence-electron chi connectivity index (χ2n) is 13.6. The number of hydrogen-bond acceptors (Lipinski definition) is 9. The Morgan fingerprint density at radius 1 is 0.413 bits per heavy atom. The van der Waals surface area contributed by atoms with E-state index in [0.29, 0.717) is 13.1 Å². The summed E-state index contributed by atoms with van der Waals surface area (Å²) in [6.45, 7) is 11.4. The Hall–Kier alpha value is -1.25. The van der Waals surface area contributed by atoms with Crippen LogP contribution in [0.3, 0.4) is 0 Å². The lowest BCUT2D eigenvalue weighted by Crippen LogP contribution is -2.34. The first-order valence-electron chi connectivity index (χ1n) is 17.4. The molecule has 0 aliphatic carbocycles. The van der Waals surface area contributed by atoms with Crippen molar-refractivity contribution < 1.29 is 8.78 Å². The monoisotopic (exact) mass is 689 g/mol. The molecular formula is C32H48F2N9P3. The zero-order valence-electron chi connectivity index (χ0n) is 26.9. The van der Waals surface area contributed by atoms with Crippen molar-refractivity contribution in [3.63, 3.8) is 0 Å². The Bertz CT molecular complexity index is 1430. The molecule has 9 nitrogen and oxygen atoms in total. The number of hydrogen-bond donors (Lipinski definition) is 0. The first-order valence-corrected chi connectivity index (χ1v) is 22.2. The van der Waals surface area contributed by atoms with Crippen molar-refractivity contribution >= 4 is 22.5 Å². The summed E-state index contributed by atoms with van der Waals surface area (Å²) in [5.74, 6) is -0.418. The van der Waals surface area contributed by atoms with Crippen LogP contribution in [-0.4, -0.2) is 93.5 Å². The van der Waals surface area contributed by atoms with Gasteiger partial charge in [-0.2, -0.15) is 13.5 Å². The molecule has 0 unspecified atom stereocenters. The lowest BCUT2D eigenvalue weighted by molar-refractivity contribution is 0.446. The summed E-state index contributed by atoms with van der Waals surface area (Å²) in [5.41, 5.74) is 2.18. The van der Waals surface area contributed by atoms with Crippen LogP contribution in [0.4, 0.5) is 8.78 Å². The molecule has 6 aliphatic heterocycles. The van der Waals surface area contributed by atoms with Crippen LogP contribution >= 0.6 is 22.5 Å². The van der Waals surface area contributed by atoms with E-state index in [0.717, 1.165) is 76.6 Å². The molecule has 6 heterocycles. The fraction of sp³-hybridized carbons (Fsp3) is 0.625. The van der Waals surface area contributed by atoms with E-state index in [1.54, 1.807) is 24.3 Å². The maximum atomic E-state index is 14.1. The lowest BCUT2D eigenvalue weighted by Gasteiger charge is -2.49. The Morgan fingerprint density at radius 3 is 1.02 bits per heavy atom. The Kier molecular flexibility index (Phi) is 9.20. The minimum atomic E-state index is -2.70. The average Bonchev–Trinajstić information content (AvgIpc) is 3.92. The topological polar surface area (TPSA) is 56.5 Å². The third-order valence-electron chi connectivity index (χ3n) is 10.5. The minimum absolute atomic E-state index is 0.209. The van der Waals surface area contributed by atoms with Gasteiger partial charge in [-0.1, -0.05) is 24.3 Å². The van der Waals surface area contributed by atoms with Gasteiger partial charge in [-0.25, -0.2) is 36.8 Å². The summed E-state index contributed by atoms with van der Waals surface area (Å²) in [5, 5.41) is 0. The van der Waals surface area contributed by atoms with E-state index < -0.39 is 22.5 Å². The van der Waals surface area contributed by atoms with Gasteiger partial charge in [0.05, 0.1) is 0 Å². The fourth-order valence-electron chi connectivity index (χ4n) is 8.08. The predicted octanol–water partition coefficient (Wildman–Crippen LogP) is 8.52. The van der Waals surface area contributed by atoms with Gasteiger partial charge in [0.2, 0.25) is 22.5 Å². The molecule has 250 valence electrons. The number of halogens is 2. The molecule has 0 bridgehead atoms. The number of rotatable bonds is 8. The second-order valence-corrected chi connectivity index (χ2v) is 22.3. The van der Waals surface area contributed by atoms with E-state index in [-0.39, 0.29) is 11.6 Å². The molecule has 0 saturated carbocycles.